The van der Waals surface area contributed by atoms with E-state index in [0.717, 1.165) is 43.7 Å². The zero-order chi connectivity index (χ0) is 36.5. The maximum absolute atomic E-state index is 14.7. The number of Topliss-reactive ketones (excluding diaryl/α,β-unsaturated/α-hetero) is 1. The van der Waals surface area contributed by atoms with Gasteiger partial charge in [0, 0.05) is 40.0 Å². The summed E-state index contributed by atoms with van der Waals surface area (Å²) >= 11 is 0. The van der Waals surface area contributed by atoms with Crippen LogP contribution in [0.15, 0.2) is 42.0 Å². The lowest BCUT2D eigenvalue weighted by Gasteiger charge is -2.71. The number of ketones is 1. The van der Waals surface area contributed by atoms with Crippen molar-refractivity contribution in [3.05, 3.63) is 59.2 Å². The van der Waals surface area contributed by atoms with Gasteiger partial charge in [-0.15, -0.1) is 0 Å². The molecule has 4 bridgehead atoms. The molecule has 51 heavy (non-hydrogen) atoms. The average molecular weight is 705 g/mol. The largest absolute Gasteiger partial charge is 0.393 e. The number of aliphatic hydroxyl groups is 2. The van der Waals surface area contributed by atoms with E-state index in [1.807, 2.05) is 18.7 Å². The van der Waals surface area contributed by atoms with E-state index in [0.29, 0.717) is 49.6 Å². The van der Waals surface area contributed by atoms with Crippen LogP contribution in [0.2, 0.25) is 0 Å². The van der Waals surface area contributed by atoms with Gasteiger partial charge in [-0.3, -0.25) is 4.79 Å². The Balaban J connectivity index is 1.18. The molecule has 0 radical (unpaired) electrons. The second-order valence-corrected chi connectivity index (χ2v) is 19.5. The summed E-state index contributed by atoms with van der Waals surface area (Å²) in [5.41, 5.74) is -2.26. The van der Waals surface area contributed by atoms with Gasteiger partial charge in [-0.1, -0.05) is 45.9 Å². The molecule has 9 aliphatic rings. The van der Waals surface area contributed by atoms with Gasteiger partial charge in [0.25, 0.3) is 0 Å². The van der Waals surface area contributed by atoms with Crippen LogP contribution in [0, 0.1) is 68.3 Å². The Morgan fingerprint density at radius 3 is 2.33 bits per heavy atom. The van der Waals surface area contributed by atoms with Crippen molar-refractivity contribution < 1.29 is 28.6 Å². The highest BCUT2D eigenvalue weighted by Gasteiger charge is 2.74. The van der Waals surface area contributed by atoms with E-state index in [2.05, 4.69) is 51.2 Å². The molecule has 11 atom stereocenters. The van der Waals surface area contributed by atoms with Gasteiger partial charge in [-0.25, -0.2) is 13.6 Å². The Kier molecular flexibility index (Phi) is 7.97. The number of benzene rings is 1. The van der Waals surface area contributed by atoms with Crippen LogP contribution in [-0.4, -0.2) is 57.8 Å². The fourth-order valence-electron chi connectivity index (χ4n) is 13.7. The third-order valence-electron chi connectivity index (χ3n) is 16.7. The van der Waals surface area contributed by atoms with E-state index >= 15 is 0 Å². The second-order valence-electron chi connectivity index (χ2n) is 19.5. The highest BCUT2D eigenvalue weighted by Crippen LogP contribution is 2.78. The van der Waals surface area contributed by atoms with Crippen LogP contribution in [0.4, 0.5) is 13.6 Å². The molecule has 0 aromatic heterocycles. The fraction of sp³-hybridized carbons (Fsp3) is 0.721. The number of hydrogen-bond donors (Lipinski definition) is 3. The van der Waals surface area contributed by atoms with Crippen LogP contribution in [0.3, 0.4) is 0 Å². The maximum Gasteiger partial charge on any atom is 0.317 e. The van der Waals surface area contributed by atoms with E-state index in [4.69, 9.17) is 0 Å². The van der Waals surface area contributed by atoms with Crippen molar-refractivity contribution in [1.82, 2.24) is 10.2 Å². The lowest BCUT2D eigenvalue weighted by atomic mass is 9.32. The van der Waals surface area contributed by atoms with Crippen molar-refractivity contribution >= 4 is 11.8 Å². The van der Waals surface area contributed by atoms with Crippen LogP contribution in [0.5, 0.6) is 0 Å². The molecule has 10 rings (SSSR count). The monoisotopic (exact) mass is 704 g/mol. The average Bonchev–Trinajstić information content (AvgIpc) is 3.34. The molecule has 0 heterocycles. The Labute approximate surface area is 302 Å². The van der Waals surface area contributed by atoms with Gasteiger partial charge >= 0.3 is 6.03 Å². The van der Waals surface area contributed by atoms with Gasteiger partial charge in [-0.05, 0) is 137 Å². The number of amides is 2. The normalized spacial score (nSPS) is 44.2. The summed E-state index contributed by atoms with van der Waals surface area (Å²) in [5.74, 6) is -0.657. The highest BCUT2D eigenvalue weighted by molar-refractivity contribution is 6.10. The molecule has 11 unspecified atom stereocenters. The maximum atomic E-state index is 14.7. The molecule has 9 aliphatic carbocycles. The second kappa shape index (κ2) is 11.5. The van der Waals surface area contributed by atoms with E-state index in [1.165, 1.54) is 18.9 Å². The van der Waals surface area contributed by atoms with Crippen LogP contribution in [0.1, 0.15) is 116 Å². The molecule has 6 nitrogen and oxygen atoms in total. The summed E-state index contributed by atoms with van der Waals surface area (Å²) < 4.78 is 28.7. The Morgan fingerprint density at radius 1 is 0.941 bits per heavy atom. The number of halogens is 2. The minimum Gasteiger partial charge on any atom is -0.393 e. The number of nitrogens with one attached hydrogen (secondary N) is 1. The number of fused-ring (bicyclic) bond motifs is 3. The van der Waals surface area contributed by atoms with Gasteiger partial charge in [0.05, 0.1) is 18.2 Å². The predicted molar refractivity (Wildman–Crippen MR) is 193 cm³/mol. The number of aliphatic hydroxyl groups excluding tert-OH is 1. The van der Waals surface area contributed by atoms with Crippen LogP contribution < -0.4 is 5.32 Å². The Bertz CT molecular complexity index is 1700. The van der Waals surface area contributed by atoms with Crippen molar-refractivity contribution in [2.45, 2.75) is 123 Å². The summed E-state index contributed by atoms with van der Waals surface area (Å²) in [5, 5.41) is 27.2. The Morgan fingerprint density at radius 2 is 1.65 bits per heavy atom. The van der Waals surface area contributed by atoms with Gasteiger partial charge < -0.3 is 20.4 Å². The molecule has 3 N–H and O–H groups in total. The molecule has 1 aromatic rings. The highest BCUT2D eigenvalue weighted by atomic mass is 19.2. The number of allylic oxidation sites excluding steroid dienone is 4. The van der Waals surface area contributed by atoms with E-state index in [1.54, 1.807) is 0 Å². The zero-order valence-electron chi connectivity index (χ0n) is 31.4. The summed E-state index contributed by atoms with van der Waals surface area (Å²) in [4.78, 5) is 30.6. The molecule has 8 heteroatoms. The smallest absolute Gasteiger partial charge is 0.317 e. The van der Waals surface area contributed by atoms with Crippen LogP contribution in [0.25, 0.3) is 0 Å². The molecular weight excluding hydrogens is 646 g/mol. The van der Waals surface area contributed by atoms with Crippen molar-refractivity contribution in [3.8, 4) is 0 Å². The number of hydrogen-bond acceptors (Lipinski definition) is 4. The third kappa shape index (κ3) is 4.76. The summed E-state index contributed by atoms with van der Waals surface area (Å²) in [6, 6.07) is 3.25. The molecule has 278 valence electrons. The first-order valence-electron chi connectivity index (χ1n) is 19.8. The SMILES string of the molecule is CC(C)NC(=O)N(CC1CCC2CC1C2(C)C)CC1(O)CCC2C34C=CC5(C=C3C(=O)c3ccc(F)c(F)c3)CC(O)CCC5(C)C4CCC21C. The third-order valence-corrected chi connectivity index (χ3v) is 16.7. The molecule has 6 saturated carbocycles. The molecule has 2 amide bonds. The van der Waals surface area contributed by atoms with Gasteiger partial charge in [0.15, 0.2) is 17.4 Å². The number of carbonyl (C=O) groups is 2. The van der Waals surface area contributed by atoms with Gasteiger partial charge in [0.1, 0.15) is 0 Å². The van der Waals surface area contributed by atoms with Gasteiger partial charge in [-0.2, -0.15) is 0 Å². The van der Waals surface area contributed by atoms with E-state index in [-0.39, 0.29) is 52.6 Å². The summed E-state index contributed by atoms with van der Waals surface area (Å²) in [7, 11) is 0. The van der Waals surface area contributed by atoms with Crippen molar-refractivity contribution in [1.29, 1.82) is 0 Å². The zero-order valence-corrected chi connectivity index (χ0v) is 31.4. The van der Waals surface area contributed by atoms with Crippen molar-refractivity contribution in [3.63, 3.8) is 0 Å². The molecular formula is C43H58F2N2O4. The molecule has 0 aliphatic heterocycles. The summed E-state index contributed by atoms with van der Waals surface area (Å²) in [6.07, 6.45) is 14.4. The first kappa shape index (κ1) is 35.4. The van der Waals surface area contributed by atoms with Crippen molar-refractivity contribution in [2.75, 3.05) is 13.1 Å². The van der Waals surface area contributed by atoms with E-state index in [9.17, 15) is 28.6 Å². The first-order valence-corrected chi connectivity index (χ1v) is 19.8. The van der Waals surface area contributed by atoms with Crippen LogP contribution >= 0.6 is 0 Å². The fourth-order valence-corrected chi connectivity index (χ4v) is 13.7. The lowest BCUT2D eigenvalue weighted by Crippen LogP contribution is -2.67. The molecule has 0 saturated heterocycles. The number of nitrogens with zero attached hydrogens (tertiary/aromatic N) is 1. The van der Waals surface area contributed by atoms with Crippen molar-refractivity contribution in [2.24, 2.45) is 56.7 Å². The topological polar surface area (TPSA) is 89.9 Å². The number of carbonyl (C=O) groups excluding carboxylic acids is 2. The number of rotatable bonds is 7. The van der Waals surface area contributed by atoms with E-state index < -0.39 is 39.6 Å². The standard InChI is InChI=1S/C43H58F2N2O4/c1-25(2)46-37(50)47(23-27-7-9-28-20-30(27)38(28,3)4)24-42(51)16-13-35-40(42,6)15-12-34-39(5)14-11-29(48)21-41(39)17-18-43(34,35)31(22-41)36(49)26-8-10-32(44)33(45)19-26/h8,10,17-19,22,25,27-30,34-35,48,51H,7,9,11-16,20-21,23-24H2,1-6H3,(H,46,50). The predicted octanol–water partition coefficient (Wildman–Crippen LogP) is 8.23. The lowest BCUT2D eigenvalue weighted by molar-refractivity contribution is -0.176. The molecule has 1 aromatic carbocycles. The quantitative estimate of drug-likeness (QED) is 0.197. The van der Waals surface area contributed by atoms with Gasteiger partial charge in [0.2, 0.25) is 0 Å². The molecule has 6 fully saturated rings. The minimum atomic E-state index is -1.18. The number of urea groups is 1. The minimum absolute atomic E-state index is 0.0357. The first-order chi connectivity index (χ1) is 23.9. The Hall–Kier alpha value is -2.58. The summed E-state index contributed by atoms with van der Waals surface area (Å²) in [6.45, 7) is 14.1. The van der Waals surface area contributed by atoms with Crippen LogP contribution in [-0.2, 0) is 0 Å². The molecule has 2 spiro atoms.